The first-order chi connectivity index (χ1) is 6.70. The SMILES string of the molecule is Cc1cccc(N)c1N(C)C1CCC1. The molecule has 1 aromatic carbocycles. The summed E-state index contributed by atoms with van der Waals surface area (Å²) in [5.41, 5.74) is 9.40. The van der Waals surface area contributed by atoms with Gasteiger partial charge in [0.2, 0.25) is 0 Å². The Morgan fingerprint density at radius 1 is 1.36 bits per heavy atom. The van der Waals surface area contributed by atoms with Gasteiger partial charge >= 0.3 is 0 Å². The van der Waals surface area contributed by atoms with Gasteiger partial charge in [-0.15, -0.1) is 0 Å². The van der Waals surface area contributed by atoms with Crippen molar-refractivity contribution in [3.63, 3.8) is 0 Å². The predicted molar refractivity (Wildman–Crippen MR) is 61.6 cm³/mol. The highest BCUT2D eigenvalue weighted by molar-refractivity contribution is 5.71. The van der Waals surface area contributed by atoms with E-state index in [1.165, 1.54) is 30.5 Å². The van der Waals surface area contributed by atoms with Crippen molar-refractivity contribution in [1.29, 1.82) is 0 Å². The minimum absolute atomic E-state index is 0.707. The summed E-state index contributed by atoms with van der Waals surface area (Å²) in [5, 5.41) is 0. The molecule has 0 radical (unpaired) electrons. The Bertz CT molecular complexity index is 309. The van der Waals surface area contributed by atoms with Gasteiger partial charge in [0.25, 0.3) is 0 Å². The van der Waals surface area contributed by atoms with Crippen LogP contribution in [0.4, 0.5) is 11.4 Å². The molecule has 0 aromatic heterocycles. The van der Waals surface area contributed by atoms with Gasteiger partial charge in [0.05, 0.1) is 11.4 Å². The fourth-order valence-corrected chi connectivity index (χ4v) is 2.12. The molecule has 1 aliphatic carbocycles. The van der Waals surface area contributed by atoms with E-state index in [1.807, 2.05) is 12.1 Å². The first-order valence-electron chi connectivity index (χ1n) is 5.28. The zero-order valence-electron chi connectivity index (χ0n) is 8.96. The van der Waals surface area contributed by atoms with E-state index < -0.39 is 0 Å². The molecule has 2 heteroatoms. The number of anilines is 2. The maximum atomic E-state index is 6.00. The van der Waals surface area contributed by atoms with Gasteiger partial charge in [-0.3, -0.25) is 0 Å². The number of aryl methyl sites for hydroxylation is 1. The highest BCUT2D eigenvalue weighted by Gasteiger charge is 2.24. The summed E-state index contributed by atoms with van der Waals surface area (Å²) in [4.78, 5) is 2.34. The van der Waals surface area contributed by atoms with Crippen molar-refractivity contribution in [1.82, 2.24) is 0 Å². The average molecular weight is 190 g/mol. The minimum Gasteiger partial charge on any atom is -0.397 e. The second-order valence-electron chi connectivity index (χ2n) is 4.21. The Morgan fingerprint density at radius 2 is 2.07 bits per heavy atom. The van der Waals surface area contributed by atoms with Crippen LogP contribution in [0, 0.1) is 6.92 Å². The van der Waals surface area contributed by atoms with Crippen molar-refractivity contribution in [3.8, 4) is 0 Å². The van der Waals surface area contributed by atoms with Gasteiger partial charge in [0.1, 0.15) is 0 Å². The van der Waals surface area contributed by atoms with Crippen LogP contribution in [0.3, 0.4) is 0 Å². The molecule has 0 spiro atoms. The van der Waals surface area contributed by atoms with E-state index in [1.54, 1.807) is 0 Å². The van der Waals surface area contributed by atoms with Crippen molar-refractivity contribution >= 4 is 11.4 Å². The van der Waals surface area contributed by atoms with Gasteiger partial charge in [0.15, 0.2) is 0 Å². The van der Waals surface area contributed by atoms with Gasteiger partial charge in [-0.25, -0.2) is 0 Å². The summed E-state index contributed by atoms with van der Waals surface area (Å²) in [6.45, 7) is 2.13. The topological polar surface area (TPSA) is 29.3 Å². The summed E-state index contributed by atoms with van der Waals surface area (Å²) >= 11 is 0. The van der Waals surface area contributed by atoms with Crippen molar-refractivity contribution in [3.05, 3.63) is 23.8 Å². The van der Waals surface area contributed by atoms with Gasteiger partial charge in [-0.2, -0.15) is 0 Å². The van der Waals surface area contributed by atoms with E-state index in [4.69, 9.17) is 5.73 Å². The lowest BCUT2D eigenvalue weighted by molar-refractivity contribution is 0.401. The largest absolute Gasteiger partial charge is 0.397 e. The maximum absolute atomic E-state index is 6.00. The Hall–Kier alpha value is -1.18. The van der Waals surface area contributed by atoms with Gasteiger partial charge < -0.3 is 10.6 Å². The number of hydrogen-bond acceptors (Lipinski definition) is 2. The predicted octanol–water partition coefficient (Wildman–Crippen LogP) is 2.57. The molecule has 0 atom stereocenters. The van der Waals surface area contributed by atoms with E-state index in [9.17, 15) is 0 Å². The van der Waals surface area contributed by atoms with Crippen molar-refractivity contribution < 1.29 is 0 Å². The fraction of sp³-hybridized carbons (Fsp3) is 0.500. The van der Waals surface area contributed by atoms with Crippen molar-refractivity contribution in [2.75, 3.05) is 17.7 Å². The second kappa shape index (κ2) is 3.52. The van der Waals surface area contributed by atoms with Crippen molar-refractivity contribution in [2.24, 2.45) is 0 Å². The maximum Gasteiger partial charge on any atom is 0.0629 e. The van der Waals surface area contributed by atoms with Crippen LogP contribution in [-0.4, -0.2) is 13.1 Å². The molecule has 0 aliphatic heterocycles. The summed E-state index contributed by atoms with van der Waals surface area (Å²) < 4.78 is 0. The third-order valence-corrected chi connectivity index (χ3v) is 3.24. The third-order valence-electron chi connectivity index (χ3n) is 3.24. The van der Waals surface area contributed by atoms with Gasteiger partial charge in [-0.1, -0.05) is 12.1 Å². The number of benzene rings is 1. The van der Waals surface area contributed by atoms with E-state index in [0.717, 1.165) is 5.69 Å². The highest BCUT2D eigenvalue weighted by Crippen LogP contribution is 2.33. The number of rotatable bonds is 2. The molecule has 0 heterocycles. The molecule has 0 saturated heterocycles. The lowest BCUT2D eigenvalue weighted by Crippen LogP contribution is -2.37. The zero-order chi connectivity index (χ0) is 10.1. The first-order valence-corrected chi connectivity index (χ1v) is 5.28. The summed E-state index contributed by atoms with van der Waals surface area (Å²) in [7, 11) is 2.16. The van der Waals surface area contributed by atoms with Crippen LogP contribution in [0.2, 0.25) is 0 Å². The number of nitrogens with zero attached hydrogens (tertiary/aromatic N) is 1. The quantitative estimate of drug-likeness (QED) is 0.726. The van der Waals surface area contributed by atoms with E-state index >= 15 is 0 Å². The smallest absolute Gasteiger partial charge is 0.0629 e. The van der Waals surface area contributed by atoms with Crippen molar-refractivity contribution in [2.45, 2.75) is 32.2 Å². The van der Waals surface area contributed by atoms with Crippen LogP contribution < -0.4 is 10.6 Å². The Labute approximate surface area is 85.7 Å². The molecule has 1 aliphatic rings. The molecule has 14 heavy (non-hydrogen) atoms. The second-order valence-corrected chi connectivity index (χ2v) is 4.21. The monoisotopic (exact) mass is 190 g/mol. The van der Waals surface area contributed by atoms with Gasteiger partial charge in [-0.05, 0) is 37.8 Å². The van der Waals surface area contributed by atoms with Crippen LogP contribution >= 0.6 is 0 Å². The normalized spacial score (nSPS) is 16.4. The molecular weight excluding hydrogens is 172 g/mol. The third kappa shape index (κ3) is 1.45. The molecule has 76 valence electrons. The lowest BCUT2D eigenvalue weighted by Gasteiger charge is -2.37. The van der Waals surface area contributed by atoms with Crippen LogP contribution in [0.1, 0.15) is 24.8 Å². The zero-order valence-corrected chi connectivity index (χ0v) is 8.96. The molecule has 2 N–H and O–H groups in total. The molecule has 1 fully saturated rings. The molecule has 0 bridgehead atoms. The van der Waals surface area contributed by atoms with Crippen LogP contribution in [0.15, 0.2) is 18.2 Å². The Morgan fingerprint density at radius 3 is 2.57 bits per heavy atom. The molecule has 2 rings (SSSR count). The first kappa shape index (κ1) is 9.38. The summed E-state index contributed by atoms with van der Waals surface area (Å²) in [6, 6.07) is 6.83. The number of nitrogens with two attached hydrogens (primary N) is 1. The van der Waals surface area contributed by atoms with Crippen LogP contribution in [-0.2, 0) is 0 Å². The molecule has 1 saturated carbocycles. The van der Waals surface area contributed by atoms with E-state index in [2.05, 4.69) is 24.9 Å². The molecule has 1 aromatic rings. The van der Waals surface area contributed by atoms with Crippen LogP contribution in [0.5, 0.6) is 0 Å². The molecule has 0 unspecified atom stereocenters. The highest BCUT2D eigenvalue weighted by atomic mass is 15.2. The number of nitrogen functional groups attached to an aromatic ring is 1. The molecule has 2 nitrogen and oxygen atoms in total. The van der Waals surface area contributed by atoms with Gasteiger partial charge in [0, 0.05) is 13.1 Å². The molecule has 0 amide bonds. The molecular formula is C12H18N2. The standard InChI is InChI=1S/C12H18N2/c1-9-5-3-8-11(13)12(9)14(2)10-6-4-7-10/h3,5,8,10H,4,6-7,13H2,1-2H3. The lowest BCUT2D eigenvalue weighted by atomic mass is 9.91. The Kier molecular flexibility index (Phi) is 2.36. The summed E-state index contributed by atoms with van der Waals surface area (Å²) in [6.07, 6.45) is 3.98. The summed E-state index contributed by atoms with van der Waals surface area (Å²) in [5.74, 6) is 0. The number of hydrogen-bond donors (Lipinski definition) is 1. The minimum atomic E-state index is 0.707. The number of para-hydroxylation sites is 1. The average Bonchev–Trinajstić information content (AvgIpc) is 2.00. The van der Waals surface area contributed by atoms with E-state index in [0.29, 0.717) is 6.04 Å². The Balaban J connectivity index is 2.29. The fourth-order valence-electron chi connectivity index (χ4n) is 2.12. The van der Waals surface area contributed by atoms with E-state index in [-0.39, 0.29) is 0 Å². The van der Waals surface area contributed by atoms with Crippen LogP contribution in [0.25, 0.3) is 0 Å².